The fourth-order valence-corrected chi connectivity index (χ4v) is 4.47. The summed E-state index contributed by atoms with van der Waals surface area (Å²) in [4.78, 5) is 4.67. The number of nitrogens with one attached hydrogen (secondary N) is 1. The first-order valence-electron chi connectivity index (χ1n) is 9.75. The molecule has 0 radical (unpaired) electrons. The molecule has 1 aromatic carbocycles. The average Bonchev–Trinajstić information content (AvgIpc) is 3.00. The molecule has 1 aromatic heterocycles. The molecule has 2 aliphatic rings. The highest BCUT2D eigenvalue weighted by Gasteiger charge is 2.44. The van der Waals surface area contributed by atoms with Crippen molar-refractivity contribution in [2.45, 2.75) is 69.1 Å². The number of anilines is 1. The SMILES string of the molecule is OC[C@@H]1O[C@H](n2c(NC3CCCCCC3)nc3cc(Cl)c(Cl)cc32)[C@H](O)[C@H]1O. The van der Waals surface area contributed by atoms with Crippen LogP contribution in [0.1, 0.15) is 44.8 Å². The molecule has 2 fully saturated rings. The summed E-state index contributed by atoms with van der Waals surface area (Å²) in [5.74, 6) is 0.537. The topological polar surface area (TPSA) is 99.8 Å². The molecule has 0 bridgehead atoms. The van der Waals surface area contributed by atoms with Gasteiger partial charge in [-0.15, -0.1) is 0 Å². The zero-order chi connectivity index (χ0) is 19.8. The predicted octanol–water partition coefficient (Wildman–Crippen LogP) is 3.09. The molecule has 4 rings (SSSR count). The number of nitrogens with zero attached hydrogens (tertiary/aromatic N) is 2. The monoisotopic (exact) mass is 429 g/mol. The predicted molar refractivity (Wildman–Crippen MR) is 108 cm³/mol. The van der Waals surface area contributed by atoms with Crippen LogP contribution in [0.5, 0.6) is 0 Å². The molecule has 2 heterocycles. The van der Waals surface area contributed by atoms with E-state index in [9.17, 15) is 15.3 Å². The van der Waals surface area contributed by atoms with Gasteiger partial charge in [-0.3, -0.25) is 4.57 Å². The largest absolute Gasteiger partial charge is 0.394 e. The minimum Gasteiger partial charge on any atom is -0.394 e. The number of hydrogen-bond donors (Lipinski definition) is 4. The molecule has 1 saturated heterocycles. The minimum absolute atomic E-state index is 0.265. The molecular weight excluding hydrogens is 405 g/mol. The van der Waals surface area contributed by atoms with Gasteiger partial charge in [0.25, 0.3) is 0 Å². The van der Waals surface area contributed by atoms with E-state index >= 15 is 0 Å². The van der Waals surface area contributed by atoms with E-state index in [1.165, 1.54) is 12.8 Å². The molecule has 0 unspecified atom stereocenters. The number of aromatic nitrogens is 2. The lowest BCUT2D eigenvalue weighted by molar-refractivity contribution is -0.0499. The molecule has 2 aromatic rings. The lowest BCUT2D eigenvalue weighted by Crippen LogP contribution is -2.33. The van der Waals surface area contributed by atoms with E-state index in [4.69, 9.17) is 27.9 Å². The van der Waals surface area contributed by atoms with Crippen LogP contribution in [-0.4, -0.2) is 55.8 Å². The maximum absolute atomic E-state index is 10.6. The van der Waals surface area contributed by atoms with Crippen molar-refractivity contribution < 1.29 is 20.1 Å². The van der Waals surface area contributed by atoms with E-state index in [1.54, 1.807) is 16.7 Å². The van der Waals surface area contributed by atoms with Gasteiger partial charge in [-0.2, -0.15) is 0 Å². The molecule has 1 saturated carbocycles. The summed E-state index contributed by atoms with van der Waals surface area (Å²) >= 11 is 12.4. The van der Waals surface area contributed by atoms with Crippen molar-refractivity contribution in [1.29, 1.82) is 0 Å². The van der Waals surface area contributed by atoms with Crippen molar-refractivity contribution in [2.75, 3.05) is 11.9 Å². The van der Waals surface area contributed by atoms with Crippen LogP contribution in [0.25, 0.3) is 11.0 Å². The molecule has 1 aliphatic heterocycles. The van der Waals surface area contributed by atoms with Crippen molar-refractivity contribution in [2.24, 2.45) is 0 Å². The van der Waals surface area contributed by atoms with Crippen molar-refractivity contribution >= 4 is 40.2 Å². The van der Waals surface area contributed by atoms with Gasteiger partial charge in [0.05, 0.1) is 27.7 Å². The first-order valence-corrected chi connectivity index (χ1v) is 10.5. The first kappa shape index (κ1) is 20.2. The van der Waals surface area contributed by atoms with E-state index in [1.807, 2.05) is 0 Å². The van der Waals surface area contributed by atoms with Crippen LogP contribution >= 0.6 is 23.2 Å². The fourth-order valence-electron chi connectivity index (χ4n) is 4.15. The van der Waals surface area contributed by atoms with E-state index in [-0.39, 0.29) is 12.6 Å². The van der Waals surface area contributed by atoms with Crippen LogP contribution in [0.15, 0.2) is 12.1 Å². The molecule has 154 valence electrons. The smallest absolute Gasteiger partial charge is 0.206 e. The van der Waals surface area contributed by atoms with Crippen LogP contribution < -0.4 is 5.32 Å². The zero-order valence-electron chi connectivity index (χ0n) is 15.4. The van der Waals surface area contributed by atoms with Gasteiger partial charge in [0, 0.05) is 6.04 Å². The van der Waals surface area contributed by atoms with Gasteiger partial charge in [-0.1, -0.05) is 48.9 Å². The first-order chi connectivity index (χ1) is 13.5. The van der Waals surface area contributed by atoms with Crippen molar-refractivity contribution in [3.8, 4) is 0 Å². The number of aliphatic hydroxyl groups excluding tert-OH is 3. The summed E-state index contributed by atoms with van der Waals surface area (Å²) in [5.41, 5.74) is 1.25. The molecule has 28 heavy (non-hydrogen) atoms. The average molecular weight is 430 g/mol. The summed E-state index contributed by atoms with van der Waals surface area (Å²) in [6, 6.07) is 3.62. The second-order valence-electron chi connectivity index (χ2n) is 7.62. The number of halogens is 2. The van der Waals surface area contributed by atoms with Gasteiger partial charge in [0.15, 0.2) is 6.23 Å². The molecule has 0 spiro atoms. The summed E-state index contributed by atoms with van der Waals surface area (Å²) in [6.45, 7) is -0.390. The Balaban J connectivity index is 1.76. The van der Waals surface area contributed by atoms with Crippen LogP contribution in [-0.2, 0) is 4.74 Å². The number of rotatable bonds is 4. The molecule has 1 aliphatic carbocycles. The van der Waals surface area contributed by atoms with Gasteiger partial charge >= 0.3 is 0 Å². The summed E-state index contributed by atoms with van der Waals surface area (Å²) in [7, 11) is 0. The molecule has 4 atom stereocenters. The highest BCUT2D eigenvalue weighted by atomic mass is 35.5. The maximum Gasteiger partial charge on any atom is 0.206 e. The van der Waals surface area contributed by atoms with Crippen molar-refractivity contribution in [3.63, 3.8) is 0 Å². The fraction of sp³-hybridized carbons (Fsp3) is 0.632. The van der Waals surface area contributed by atoms with E-state index in [0.29, 0.717) is 27.0 Å². The lowest BCUT2D eigenvalue weighted by Gasteiger charge is -2.23. The quantitative estimate of drug-likeness (QED) is 0.557. The molecule has 0 amide bonds. The number of imidazole rings is 1. The third-order valence-corrected chi connectivity index (χ3v) is 6.41. The lowest BCUT2D eigenvalue weighted by atomic mass is 10.1. The molecule has 7 nitrogen and oxygen atoms in total. The van der Waals surface area contributed by atoms with E-state index in [2.05, 4.69) is 10.3 Å². The van der Waals surface area contributed by atoms with Crippen LogP contribution in [0.3, 0.4) is 0 Å². The second kappa shape index (κ2) is 8.34. The third-order valence-electron chi connectivity index (χ3n) is 5.69. The molecule has 9 heteroatoms. The number of hydrogen-bond acceptors (Lipinski definition) is 6. The van der Waals surface area contributed by atoms with Gasteiger partial charge in [-0.25, -0.2) is 4.98 Å². The standard InChI is InChI=1S/C19H25Cl2N3O4/c20-11-7-13-14(8-12(11)21)24(18-17(27)16(26)15(9-25)28-18)19(23-13)22-10-5-3-1-2-4-6-10/h7-8,10,15-18,25-27H,1-6,9H2,(H,22,23)/t15-,16-,17+,18-/m0/s1. The van der Waals surface area contributed by atoms with Gasteiger partial charge in [0.2, 0.25) is 5.95 Å². The van der Waals surface area contributed by atoms with E-state index in [0.717, 1.165) is 25.7 Å². The Labute approximate surface area is 173 Å². The van der Waals surface area contributed by atoms with Crippen LogP contribution in [0.2, 0.25) is 10.0 Å². The van der Waals surface area contributed by atoms with Crippen LogP contribution in [0.4, 0.5) is 5.95 Å². The summed E-state index contributed by atoms with van der Waals surface area (Å²) in [6.07, 6.45) is 2.69. The minimum atomic E-state index is -1.21. The Kier molecular flexibility index (Phi) is 6.01. The second-order valence-corrected chi connectivity index (χ2v) is 8.44. The van der Waals surface area contributed by atoms with Gasteiger partial charge < -0.3 is 25.4 Å². The van der Waals surface area contributed by atoms with Gasteiger partial charge in [-0.05, 0) is 25.0 Å². The number of ether oxygens (including phenoxy) is 1. The normalized spacial score (nSPS) is 29.3. The highest BCUT2D eigenvalue weighted by molar-refractivity contribution is 6.42. The Bertz CT molecular complexity index is 838. The molecule has 4 N–H and O–H groups in total. The zero-order valence-corrected chi connectivity index (χ0v) is 16.9. The van der Waals surface area contributed by atoms with Crippen LogP contribution in [0, 0.1) is 0 Å². The Morgan fingerprint density at radius 1 is 1.07 bits per heavy atom. The Morgan fingerprint density at radius 2 is 1.75 bits per heavy atom. The third kappa shape index (κ3) is 3.72. The Morgan fingerprint density at radius 3 is 2.39 bits per heavy atom. The van der Waals surface area contributed by atoms with Gasteiger partial charge in [0.1, 0.15) is 18.3 Å². The number of fused-ring (bicyclic) bond motifs is 1. The Hall–Kier alpha value is -1.09. The van der Waals surface area contributed by atoms with E-state index < -0.39 is 24.5 Å². The van der Waals surface area contributed by atoms with Crippen molar-refractivity contribution in [1.82, 2.24) is 9.55 Å². The maximum atomic E-state index is 10.6. The summed E-state index contributed by atoms with van der Waals surface area (Å²) in [5, 5.41) is 34.5. The number of benzene rings is 1. The highest BCUT2D eigenvalue weighted by Crippen LogP contribution is 2.38. The molecular formula is C19H25Cl2N3O4. The summed E-state index contributed by atoms with van der Waals surface area (Å²) < 4.78 is 7.48. The number of aliphatic hydroxyl groups is 3. The van der Waals surface area contributed by atoms with Crippen molar-refractivity contribution in [3.05, 3.63) is 22.2 Å².